The average Bonchev–Trinajstić information content (AvgIpc) is 2.54. The molecule has 1 amide bonds. The highest BCUT2D eigenvalue weighted by molar-refractivity contribution is 5.76. The molecule has 0 bridgehead atoms. The van der Waals surface area contributed by atoms with Gasteiger partial charge in [0, 0.05) is 32.7 Å². The minimum Gasteiger partial charge on any atom is -0.378 e. The lowest BCUT2D eigenvalue weighted by Crippen LogP contribution is -2.41. The summed E-state index contributed by atoms with van der Waals surface area (Å²) < 4.78 is 11.5. The molecule has 0 aliphatic carbocycles. The van der Waals surface area contributed by atoms with Crippen molar-refractivity contribution in [2.24, 2.45) is 5.73 Å². The van der Waals surface area contributed by atoms with E-state index in [9.17, 15) is 4.79 Å². The summed E-state index contributed by atoms with van der Waals surface area (Å²) >= 11 is 0. The Morgan fingerprint density at radius 2 is 2.05 bits per heavy atom. The third-order valence-corrected chi connectivity index (χ3v) is 4.45. The van der Waals surface area contributed by atoms with Crippen LogP contribution in [0.3, 0.4) is 0 Å². The summed E-state index contributed by atoms with van der Waals surface area (Å²) in [4.78, 5) is 14.2. The minimum absolute atomic E-state index is 0.282. The number of piperidine rings is 1. The maximum Gasteiger partial charge on any atom is 0.222 e. The molecule has 2 rings (SSSR count). The van der Waals surface area contributed by atoms with E-state index in [4.69, 9.17) is 15.2 Å². The van der Waals surface area contributed by atoms with Crippen LogP contribution in [-0.2, 0) is 14.3 Å². The number of nitrogens with two attached hydrogens (primary N) is 1. The number of nitrogens with zero attached hydrogens (tertiary/aromatic N) is 1. The highest BCUT2D eigenvalue weighted by atomic mass is 16.5. The molecule has 0 aromatic heterocycles. The molecule has 0 radical (unpaired) electrons. The molecule has 5 heteroatoms. The van der Waals surface area contributed by atoms with Gasteiger partial charge < -0.3 is 20.1 Å². The fraction of sp³-hybridized carbons (Fsp3) is 0.938. The molecule has 2 N–H and O–H groups in total. The van der Waals surface area contributed by atoms with Gasteiger partial charge in [-0.3, -0.25) is 4.79 Å². The summed E-state index contributed by atoms with van der Waals surface area (Å²) in [6.07, 6.45) is 8.47. The molecule has 0 spiro atoms. The van der Waals surface area contributed by atoms with Gasteiger partial charge in [0.05, 0.1) is 12.2 Å². The minimum atomic E-state index is 0.282. The summed E-state index contributed by atoms with van der Waals surface area (Å²) in [6.45, 7) is 3.95. The third-order valence-electron chi connectivity index (χ3n) is 4.45. The first-order chi connectivity index (χ1) is 10.3. The molecule has 21 heavy (non-hydrogen) atoms. The zero-order valence-corrected chi connectivity index (χ0v) is 13.1. The number of hydrogen-bond donors (Lipinski definition) is 1. The van der Waals surface area contributed by atoms with Crippen LogP contribution in [-0.4, -0.2) is 55.9 Å². The van der Waals surface area contributed by atoms with Crippen molar-refractivity contribution in [3.05, 3.63) is 0 Å². The zero-order chi connectivity index (χ0) is 14.9. The quantitative estimate of drug-likeness (QED) is 0.727. The lowest BCUT2D eigenvalue weighted by Gasteiger charge is -2.32. The number of likely N-dealkylation sites (tertiary alicyclic amines) is 1. The Morgan fingerprint density at radius 1 is 1.24 bits per heavy atom. The van der Waals surface area contributed by atoms with Crippen molar-refractivity contribution in [1.29, 1.82) is 0 Å². The Morgan fingerprint density at radius 3 is 2.71 bits per heavy atom. The van der Waals surface area contributed by atoms with Crippen molar-refractivity contribution in [2.45, 2.75) is 63.6 Å². The molecule has 1 atom stereocenters. The fourth-order valence-electron chi connectivity index (χ4n) is 3.08. The number of ether oxygens (including phenoxy) is 2. The van der Waals surface area contributed by atoms with E-state index < -0.39 is 0 Å². The third kappa shape index (κ3) is 5.93. The smallest absolute Gasteiger partial charge is 0.222 e. The van der Waals surface area contributed by atoms with Crippen molar-refractivity contribution in [3.8, 4) is 0 Å². The van der Waals surface area contributed by atoms with Crippen LogP contribution in [0.4, 0.5) is 0 Å². The molecule has 2 fully saturated rings. The summed E-state index contributed by atoms with van der Waals surface area (Å²) in [5.41, 5.74) is 5.46. The zero-order valence-electron chi connectivity index (χ0n) is 13.1. The van der Waals surface area contributed by atoms with Crippen molar-refractivity contribution in [2.75, 3.05) is 32.8 Å². The van der Waals surface area contributed by atoms with Gasteiger partial charge in [-0.25, -0.2) is 0 Å². The average molecular weight is 298 g/mol. The molecule has 0 aromatic rings. The van der Waals surface area contributed by atoms with Gasteiger partial charge in [0.15, 0.2) is 0 Å². The first-order valence-electron chi connectivity index (χ1n) is 8.50. The van der Waals surface area contributed by atoms with Gasteiger partial charge in [0.1, 0.15) is 0 Å². The Kier molecular flexibility index (Phi) is 7.47. The van der Waals surface area contributed by atoms with Crippen LogP contribution in [0.1, 0.15) is 51.4 Å². The Balaban J connectivity index is 1.59. The molecule has 2 saturated heterocycles. The van der Waals surface area contributed by atoms with Crippen LogP contribution < -0.4 is 5.73 Å². The summed E-state index contributed by atoms with van der Waals surface area (Å²) in [7, 11) is 0. The highest BCUT2D eigenvalue weighted by Gasteiger charge is 2.24. The van der Waals surface area contributed by atoms with Crippen LogP contribution in [0.5, 0.6) is 0 Å². The molecule has 5 nitrogen and oxygen atoms in total. The largest absolute Gasteiger partial charge is 0.378 e. The second kappa shape index (κ2) is 9.38. The van der Waals surface area contributed by atoms with Crippen molar-refractivity contribution in [3.63, 3.8) is 0 Å². The van der Waals surface area contributed by atoms with Crippen LogP contribution >= 0.6 is 0 Å². The molecule has 2 aliphatic rings. The number of carbonyl (C=O) groups excluding carboxylic acids is 1. The van der Waals surface area contributed by atoms with Gasteiger partial charge in [-0.15, -0.1) is 0 Å². The molecule has 122 valence electrons. The van der Waals surface area contributed by atoms with E-state index in [1.807, 2.05) is 4.90 Å². The molecular formula is C16H30N2O3. The summed E-state index contributed by atoms with van der Waals surface area (Å²) in [5, 5.41) is 0. The molecule has 2 heterocycles. The molecule has 0 saturated carbocycles. The Bertz CT molecular complexity index is 298. The number of hydrogen-bond acceptors (Lipinski definition) is 4. The van der Waals surface area contributed by atoms with Crippen LogP contribution in [0, 0.1) is 0 Å². The molecular weight excluding hydrogens is 268 g/mol. The SMILES string of the molecule is NCCCOC1CCN(C(=O)CCC2CCCCO2)CC1. The van der Waals surface area contributed by atoms with Crippen molar-refractivity contribution >= 4 is 5.91 Å². The van der Waals surface area contributed by atoms with E-state index in [2.05, 4.69) is 0 Å². The normalized spacial score (nSPS) is 24.2. The van der Waals surface area contributed by atoms with Gasteiger partial charge in [-0.05, 0) is 51.5 Å². The number of rotatable bonds is 7. The van der Waals surface area contributed by atoms with E-state index in [1.54, 1.807) is 0 Å². The standard InChI is InChI=1S/C16H30N2O3/c17-9-3-13-21-15-7-10-18(11-8-15)16(19)6-5-14-4-1-2-12-20-14/h14-15H,1-13,17H2. The molecule has 0 aromatic carbocycles. The summed E-state index contributed by atoms with van der Waals surface area (Å²) in [5.74, 6) is 0.282. The highest BCUT2D eigenvalue weighted by Crippen LogP contribution is 2.19. The Hall–Kier alpha value is -0.650. The van der Waals surface area contributed by atoms with Gasteiger partial charge in [0.25, 0.3) is 0 Å². The number of carbonyl (C=O) groups is 1. The molecule has 2 aliphatic heterocycles. The van der Waals surface area contributed by atoms with Crippen molar-refractivity contribution in [1.82, 2.24) is 4.90 Å². The van der Waals surface area contributed by atoms with E-state index in [0.717, 1.165) is 58.4 Å². The fourth-order valence-corrected chi connectivity index (χ4v) is 3.08. The van der Waals surface area contributed by atoms with Crippen LogP contribution in [0.25, 0.3) is 0 Å². The van der Waals surface area contributed by atoms with Gasteiger partial charge in [0.2, 0.25) is 5.91 Å². The topological polar surface area (TPSA) is 64.8 Å². The lowest BCUT2D eigenvalue weighted by atomic mass is 10.0. The van der Waals surface area contributed by atoms with Gasteiger partial charge in [-0.2, -0.15) is 0 Å². The van der Waals surface area contributed by atoms with E-state index in [0.29, 0.717) is 25.2 Å². The van der Waals surface area contributed by atoms with Crippen LogP contribution in [0.2, 0.25) is 0 Å². The van der Waals surface area contributed by atoms with E-state index >= 15 is 0 Å². The van der Waals surface area contributed by atoms with Gasteiger partial charge >= 0.3 is 0 Å². The second-order valence-electron chi connectivity index (χ2n) is 6.12. The first-order valence-corrected chi connectivity index (χ1v) is 8.50. The van der Waals surface area contributed by atoms with Crippen LogP contribution in [0.15, 0.2) is 0 Å². The maximum atomic E-state index is 12.2. The number of amides is 1. The predicted octanol–water partition coefficient (Wildman–Crippen LogP) is 1.69. The lowest BCUT2D eigenvalue weighted by molar-refractivity contribution is -0.134. The van der Waals surface area contributed by atoms with E-state index in [-0.39, 0.29) is 5.91 Å². The Labute approximate surface area is 128 Å². The van der Waals surface area contributed by atoms with Gasteiger partial charge in [-0.1, -0.05) is 0 Å². The second-order valence-corrected chi connectivity index (χ2v) is 6.12. The first kappa shape index (κ1) is 16.7. The maximum absolute atomic E-state index is 12.2. The molecule has 1 unspecified atom stereocenters. The van der Waals surface area contributed by atoms with Crippen molar-refractivity contribution < 1.29 is 14.3 Å². The van der Waals surface area contributed by atoms with E-state index in [1.165, 1.54) is 12.8 Å². The monoisotopic (exact) mass is 298 g/mol. The predicted molar refractivity (Wildman–Crippen MR) is 82.1 cm³/mol. The summed E-state index contributed by atoms with van der Waals surface area (Å²) in [6, 6.07) is 0.